The Morgan fingerprint density at radius 3 is 2.28 bits per heavy atom. The third-order valence-electron chi connectivity index (χ3n) is 3.76. The zero-order chi connectivity index (χ0) is 12.9. The van der Waals surface area contributed by atoms with E-state index in [-0.39, 0.29) is 5.41 Å². The fourth-order valence-electron chi connectivity index (χ4n) is 2.91. The summed E-state index contributed by atoms with van der Waals surface area (Å²) in [7, 11) is 0. The third-order valence-corrected chi connectivity index (χ3v) is 5.92. The van der Waals surface area contributed by atoms with Crippen molar-refractivity contribution in [2.45, 2.75) is 29.9 Å². The van der Waals surface area contributed by atoms with E-state index in [1.54, 1.807) is 5.56 Å². The molecule has 0 spiro atoms. The molecule has 0 bridgehead atoms. The molecule has 0 saturated carbocycles. The van der Waals surface area contributed by atoms with Crippen molar-refractivity contribution in [2.75, 3.05) is 0 Å². The molecule has 89 valence electrons. The molecule has 2 aromatic carbocycles. The van der Waals surface area contributed by atoms with Crippen molar-refractivity contribution in [3.63, 3.8) is 0 Å². The molecule has 0 nitrogen and oxygen atoms in total. The minimum absolute atomic E-state index is 0.232. The van der Waals surface area contributed by atoms with Gasteiger partial charge in [-0.1, -0.05) is 0 Å². The van der Waals surface area contributed by atoms with E-state index in [1.807, 2.05) is 0 Å². The van der Waals surface area contributed by atoms with Crippen molar-refractivity contribution in [1.82, 2.24) is 0 Å². The molecule has 2 aromatic rings. The Balaban J connectivity index is 2.31. The summed E-state index contributed by atoms with van der Waals surface area (Å²) in [5.41, 5.74) is 7.82. The molecular weight excluding hydrogens is 383 g/mol. The standard InChI is InChI=1S/C17H17.Hf/c1-17(2,3)16-10-6-9-14-13-8-5-4-7-12(13)11-15(14)16;/h4-11H,1-3H3;. The predicted molar refractivity (Wildman–Crippen MR) is 72.4 cm³/mol. The molecule has 1 heteroatoms. The number of hydrogen-bond donors (Lipinski definition) is 0. The first kappa shape index (κ1) is 12.3. The van der Waals surface area contributed by atoms with Crippen LogP contribution in [0.1, 0.15) is 41.1 Å². The molecule has 0 fully saturated rings. The first-order valence-electron chi connectivity index (χ1n) is 6.44. The van der Waals surface area contributed by atoms with Crippen LogP contribution in [0, 0.1) is 0 Å². The Kier molecular flexibility index (Phi) is 2.86. The van der Waals surface area contributed by atoms with Crippen molar-refractivity contribution >= 4 is 0 Å². The van der Waals surface area contributed by atoms with E-state index >= 15 is 0 Å². The Bertz CT molecular complexity index is 605. The zero-order valence-electron chi connectivity index (χ0n) is 11.1. The molecule has 0 saturated heterocycles. The first-order chi connectivity index (χ1) is 8.50. The van der Waals surface area contributed by atoms with Gasteiger partial charge in [0.05, 0.1) is 0 Å². The summed E-state index contributed by atoms with van der Waals surface area (Å²) in [4.78, 5) is 0. The zero-order valence-corrected chi connectivity index (χ0v) is 14.7. The van der Waals surface area contributed by atoms with Gasteiger partial charge >= 0.3 is 125 Å². The number of hydrogen-bond acceptors (Lipinski definition) is 0. The average molecular weight is 400 g/mol. The number of benzene rings is 2. The molecule has 0 radical (unpaired) electrons. The molecule has 1 aliphatic rings. The second-order valence-corrected chi connectivity index (χ2v) is 8.11. The van der Waals surface area contributed by atoms with Crippen molar-refractivity contribution in [3.05, 3.63) is 59.2 Å². The fourth-order valence-corrected chi connectivity index (χ4v) is 4.94. The van der Waals surface area contributed by atoms with Crippen LogP contribution in [0.2, 0.25) is 0 Å². The molecule has 18 heavy (non-hydrogen) atoms. The third kappa shape index (κ3) is 1.75. The molecule has 0 aliphatic heterocycles. The van der Waals surface area contributed by atoms with Gasteiger partial charge in [0.25, 0.3) is 0 Å². The van der Waals surface area contributed by atoms with Gasteiger partial charge in [-0.15, -0.1) is 0 Å². The Morgan fingerprint density at radius 1 is 0.889 bits per heavy atom. The molecule has 1 atom stereocenters. The Hall–Kier alpha value is -0.690. The average Bonchev–Trinajstić information content (AvgIpc) is 2.63. The van der Waals surface area contributed by atoms with Crippen LogP contribution < -0.4 is 0 Å². The summed E-state index contributed by atoms with van der Waals surface area (Å²) < 4.78 is 0.659. The van der Waals surface area contributed by atoms with Gasteiger partial charge in [-0.3, -0.25) is 0 Å². The maximum absolute atomic E-state index is 2.32. The van der Waals surface area contributed by atoms with E-state index in [9.17, 15) is 0 Å². The van der Waals surface area contributed by atoms with Crippen LogP contribution in [0.3, 0.4) is 0 Å². The van der Waals surface area contributed by atoms with Crippen LogP contribution in [0.4, 0.5) is 0 Å². The molecule has 1 unspecified atom stereocenters. The molecule has 0 N–H and O–H groups in total. The van der Waals surface area contributed by atoms with Crippen LogP contribution in [0.25, 0.3) is 11.1 Å². The van der Waals surface area contributed by atoms with Crippen molar-refractivity contribution in [2.24, 2.45) is 0 Å². The minimum atomic E-state index is 0.232. The van der Waals surface area contributed by atoms with Gasteiger partial charge in [0.2, 0.25) is 0 Å². The Labute approximate surface area is 124 Å². The van der Waals surface area contributed by atoms with Crippen molar-refractivity contribution in [3.8, 4) is 11.1 Å². The summed E-state index contributed by atoms with van der Waals surface area (Å²) in [5.74, 6) is 0. The quantitative estimate of drug-likeness (QED) is 0.568. The predicted octanol–water partition coefficient (Wildman–Crippen LogP) is 4.60. The summed E-state index contributed by atoms with van der Waals surface area (Å²) in [6.45, 7) is 6.96. The van der Waals surface area contributed by atoms with Crippen LogP contribution >= 0.6 is 0 Å². The summed E-state index contributed by atoms with van der Waals surface area (Å²) >= 11 is 1.19. The van der Waals surface area contributed by atoms with Gasteiger partial charge in [-0.2, -0.15) is 0 Å². The number of rotatable bonds is 0. The molecule has 0 heterocycles. The van der Waals surface area contributed by atoms with E-state index in [2.05, 4.69) is 63.2 Å². The second kappa shape index (κ2) is 4.16. The van der Waals surface area contributed by atoms with Gasteiger partial charge in [-0.25, -0.2) is 0 Å². The van der Waals surface area contributed by atoms with E-state index in [0.717, 1.165) is 0 Å². The van der Waals surface area contributed by atoms with Crippen LogP contribution in [-0.4, -0.2) is 0 Å². The van der Waals surface area contributed by atoms with E-state index < -0.39 is 0 Å². The van der Waals surface area contributed by atoms with Gasteiger partial charge in [0.1, 0.15) is 0 Å². The summed E-state index contributed by atoms with van der Waals surface area (Å²) in [5, 5.41) is 0. The van der Waals surface area contributed by atoms with E-state index in [0.29, 0.717) is 3.67 Å². The van der Waals surface area contributed by atoms with Crippen LogP contribution in [0.5, 0.6) is 0 Å². The summed E-state index contributed by atoms with van der Waals surface area (Å²) in [6.07, 6.45) is 0. The molecule has 0 amide bonds. The molecular formula is C17H17Hf. The van der Waals surface area contributed by atoms with Crippen LogP contribution in [-0.2, 0) is 29.8 Å². The van der Waals surface area contributed by atoms with Crippen molar-refractivity contribution < 1.29 is 24.4 Å². The van der Waals surface area contributed by atoms with E-state index in [1.165, 1.54) is 46.6 Å². The SMILES string of the molecule is CC(C)(C)c1cccc2c1[CH]([Hf])c1ccccc1-2. The molecule has 3 rings (SSSR count). The van der Waals surface area contributed by atoms with Crippen molar-refractivity contribution in [1.29, 1.82) is 0 Å². The number of fused-ring (bicyclic) bond motifs is 3. The summed E-state index contributed by atoms with van der Waals surface area (Å²) in [6, 6.07) is 15.7. The van der Waals surface area contributed by atoms with Gasteiger partial charge in [0.15, 0.2) is 0 Å². The monoisotopic (exact) mass is 401 g/mol. The Morgan fingerprint density at radius 2 is 1.56 bits per heavy atom. The maximum atomic E-state index is 2.32. The molecule has 1 aliphatic carbocycles. The van der Waals surface area contributed by atoms with Gasteiger partial charge in [0, 0.05) is 0 Å². The van der Waals surface area contributed by atoms with Crippen LogP contribution in [0.15, 0.2) is 42.5 Å². The molecule has 0 aromatic heterocycles. The second-order valence-electron chi connectivity index (χ2n) is 6.04. The normalized spacial score (nSPS) is 17.3. The topological polar surface area (TPSA) is 0 Å². The van der Waals surface area contributed by atoms with Gasteiger partial charge < -0.3 is 0 Å². The van der Waals surface area contributed by atoms with E-state index in [4.69, 9.17) is 0 Å². The van der Waals surface area contributed by atoms with Gasteiger partial charge in [-0.05, 0) is 0 Å². The first-order valence-corrected chi connectivity index (χ1v) is 8.51. The fraction of sp³-hybridized carbons (Fsp3) is 0.294.